The molecule has 7 heteroatoms. The topological polar surface area (TPSA) is 72.8 Å². The van der Waals surface area contributed by atoms with Crippen LogP contribution in [0.15, 0.2) is 23.1 Å². The van der Waals surface area contributed by atoms with Crippen molar-refractivity contribution in [3.63, 3.8) is 0 Å². The van der Waals surface area contributed by atoms with Crippen LogP contribution in [0, 0.1) is 5.41 Å². The summed E-state index contributed by atoms with van der Waals surface area (Å²) in [6.45, 7) is 6.47. The second-order valence-corrected chi connectivity index (χ2v) is 8.40. The van der Waals surface area contributed by atoms with Crippen molar-refractivity contribution in [2.75, 3.05) is 53.1 Å². The molecule has 1 aromatic rings. The number of nitrogens with zero attached hydrogens (tertiary/aromatic N) is 2. The van der Waals surface area contributed by atoms with E-state index in [-0.39, 0.29) is 22.4 Å². The first kappa shape index (κ1) is 22.0. The average Bonchev–Trinajstić information content (AvgIpc) is 2.75. The van der Waals surface area contributed by atoms with Crippen LogP contribution >= 0.6 is 0 Å². The number of carbonyl (C=O) groups is 1. The fourth-order valence-electron chi connectivity index (χ4n) is 4.42. The fourth-order valence-corrected chi connectivity index (χ4v) is 4.42. The lowest BCUT2D eigenvalue weighted by atomic mass is 9.79. The van der Waals surface area contributed by atoms with Crippen molar-refractivity contribution in [3.05, 3.63) is 34.2 Å². The lowest BCUT2D eigenvalue weighted by molar-refractivity contribution is -0.00672. The molecule has 2 fully saturated rings. The molecular weight excluding hydrogens is 370 g/mol. The summed E-state index contributed by atoms with van der Waals surface area (Å²) in [6.07, 6.45) is 8.18. The molecule has 7 nitrogen and oxygen atoms in total. The number of rotatable bonds is 9. The zero-order valence-electron chi connectivity index (χ0n) is 17.7. The van der Waals surface area contributed by atoms with E-state index in [9.17, 15) is 9.59 Å². The molecule has 1 amide bonds. The van der Waals surface area contributed by atoms with Crippen LogP contribution in [0.3, 0.4) is 0 Å². The summed E-state index contributed by atoms with van der Waals surface area (Å²) in [6, 6.07) is 3.38. The van der Waals surface area contributed by atoms with Gasteiger partial charge in [-0.1, -0.05) is 6.42 Å². The number of aromatic nitrogens is 1. The first-order valence-corrected chi connectivity index (χ1v) is 10.9. The van der Waals surface area contributed by atoms with Crippen LogP contribution in [0.25, 0.3) is 0 Å². The Morgan fingerprint density at radius 3 is 2.72 bits per heavy atom. The Hall–Kier alpha value is -1.70. The van der Waals surface area contributed by atoms with Gasteiger partial charge in [-0.05, 0) is 57.3 Å². The molecule has 2 aliphatic rings. The summed E-state index contributed by atoms with van der Waals surface area (Å²) < 4.78 is 12.2. The molecule has 162 valence electrons. The molecule has 0 saturated carbocycles. The van der Waals surface area contributed by atoms with E-state index in [0.717, 1.165) is 52.1 Å². The third kappa shape index (κ3) is 6.14. The maximum absolute atomic E-state index is 12.8. The van der Waals surface area contributed by atoms with E-state index in [0.29, 0.717) is 19.7 Å². The summed E-state index contributed by atoms with van der Waals surface area (Å²) >= 11 is 0. The Morgan fingerprint density at radius 2 is 2.00 bits per heavy atom. The van der Waals surface area contributed by atoms with Crippen LogP contribution in [0.5, 0.6) is 0 Å². The summed E-state index contributed by atoms with van der Waals surface area (Å²) in [5.41, 5.74) is 0.000554. The van der Waals surface area contributed by atoms with Crippen LogP contribution in [-0.4, -0.2) is 68.5 Å². The molecule has 1 N–H and O–H groups in total. The number of likely N-dealkylation sites (tertiary alicyclic amines) is 1. The molecule has 0 atom stereocenters. The maximum Gasteiger partial charge on any atom is 0.263 e. The smallest absolute Gasteiger partial charge is 0.263 e. The highest BCUT2D eigenvalue weighted by Gasteiger charge is 2.35. The number of hydrogen-bond donors (Lipinski definition) is 1. The molecule has 0 radical (unpaired) electrons. The Labute approximate surface area is 173 Å². The first-order valence-electron chi connectivity index (χ1n) is 10.9. The van der Waals surface area contributed by atoms with Gasteiger partial charge in [-0.25, -0.2) is 0 Å². The number of piperidine rings is 1. The predicted octanol–water partition coefficient (Wildman–Crippen LogP) is 1.90. The SMILES string of the molecule is COCCCn1cccc(C(=O)NCC2(CN3CCCCC3)CCOCC2)c1=O. The molecule has 3 heterocycles. The zero-order valence-corrected chi connectivity index (χ0v) is 17.7. The van der Waals surface area contributed by atoms with Gasteiger partial charge in [0.25, 0.3) is 11.5 Å². The highest BCUT2D eigenvalue weighted by Crippen LogP contribution is 2.32. The molecule has 1 aromatic heterocycles. The van der Waals surface area contributed by atoms with Gasteiger partial charge in [0.2, 0.25) is 0 Å². The highest BCUT2D eigenvalue weighted by molar-refractivity contribution is 5.93. The van der Waals surface area contributed by atoms with Crippen molar-refractivity contribution < 1.29 is 14.3 Å². The fraction of sp³-hybridized carbons (Fsp3) is 0.727. The number of amides is 1. The van der Waals surface area contributed by atoms with Crippen molar-refractivity contribution in [2.45, 2.75) is 45.1 Å². The Bertz CT molecular complexity index is 706. The van der Waals surface area contributed by atoms with E-state index in [1.165, 1.54) is 19.3 Å². The number of ether oxygens (including phenoxy) is 2. The Morgan fingerprint density at radius 1 is 1.24 bits per heavy atom. The van der Waals surface area contributed by atoms with Crippen LogP contribution in [0.1, 0.15) is 48.9 Å². The van der Waals surface area contributed by atoms with Crippen LogP contribution < -0.4 is 10.9 Å². The van der Waals surface area contributed by atoms with E-state index in [4.69, 9.17) is 9.47 Å². The van der Waals surface area contributed by atoms with Gasteiger partial charge >= 0.3 is 0 Å². The van der Waals surface area contributed by atoms with E-state index in [1.54, 1.807) is 30.0 Å². The van der Waals surface area contributed by atoms with Crippen LogP contribution in [0.4, 0.5) is 0 Å². The normalized spacial score (nSPS) is 19.8. The largest absolute Gasteiger partial charge is 0.385 e. The second kappa shape index (κ2) is 10.9. The van der Waals surface area contributed by atoms with Gasteiger partial charge in [0.1, 0.15) is 5.56 Å². The number of carbonyl (C=O) groups excluding carboxylic acids is 1. The van der Waals surface area contributed by atoms with Crippen molar-refractivity contribution in [2.24, 2.45) is 5.41 Å². The van der Waals surface area contributed by atoms with E-state index in [1.807, 2.05) is 0 Å². The number of hydrogen-bond acceptors (Lipinski definition) is 5. The Kier molecular flexibility index (Phi) is 8.27. The molecule has 0 unspecified atom stereocenters. The van der Waals surface area contributed by atoms with Crippen molar-refractivity contribution in [3.8, 4) is 0 Å². The third-order valence-electron chi connectivity index (χ3n) is 6.20. The second-order valence-electron chi connectivity index (χ2n) is 8.40. The standard InChI is InChI=1S/C22H35N3O4/c1-28-14-6-13-25-12-5-7-19(21(25)27)20(26)23-17-22(8-15-29-16-9-22)18-24-10-3-2-4-11-24/h5,7,12H,2-4,6,8-11,13-18H2,1H3,(H,23,26). The minimum Gasteiger partial charge on any atom is -0.385 e. The summed E-state index contributed by atoms with van der Waals surface area (Å²) in [5, 5.41) is 3.08. The summed E-state index contributed by atoms with van der Waals surface area (Å²) in [5.74, 6) is -0.277. The van der Waals surface area contributed by atoms with Gasteiger partial charge in [0.15, 0.2) is 0 Å². The molecule has 0 aliphatic carbocycles. The average molecular weight is 406 g/mol. The molecular formula is C22H35N3O4. The number of nitrogens with one attached hydrogen (secondary N) is 1. The van der Waals surface area contributed by atoms with Gasteiger partial charge in [0.05, 0.1) is 0 Å². The number of methoxy groups -OCH3 is 1. The van der Waals surface area contributed by atoms with Gasteiger partial charge in [-0.15, -0.1) is 0 Å². The lowest BCUT2D eigenvalue weighted by Crippen LogP contribution is -2.50. The Balaban J connectivity index is 1.64. The number of pyridine rings is 1. The van der Waals surface area contributed by atoms with E-state index >= 15 is 0 Å². The zero-order chi connectivity index (χ0) is 20.5. The summed E-state index contributed by atoms with van der Waals surface area (Å²) in [4.78, 5) is 28.1. The molecule has 2 saturated heterocycles. The third-order valence-corrected chi connectivity index (χ3v) is 6.20. The van der Waals surface area contributed by atoms with Crippen molar-refractivity contribution in [1.29, 1.82) is 0 Å². The van der Waals surface area contributed by atoms with Crippen molar-refractivity contribution in [1.82, 2.24) is 14.8 Å². The maximum atomic E-state index is 12.8. The number of aryl methyl sites for hydroxylation is 1. The van der Waals surface area contributed by atoms with E-state index in [2.05, 4.69) is 10.2 Å². The minimum atomic E-state index is -0.277. The molecule has 2 aliphatic heterocycles. The van der Waals surface area contributed by atoms with Gasteiger partial charge < -0.3 is 24.3 Å². The van der Waals surface area contributed by atoms with Crippen LogP contribution in [0.2, 0.25) is 0 Å². The summed E-state index contributed by atoms with van der Waals surface area (Å²) in [7, 11) is 1.64. The van der Waals surface area contributed by atoms with Crippen LogP contribution in [-0.2, 0) is 16.0 Å². The first-order chi connectivity index (χ1) is 14.1. The molecule has 0 bridgehead atoms. The van der Waals surface area contributed by atoms with Crippen molar-refractivity contribution >= 4 is 5.91 Å². The van der Waals surface area contributed by atoms with Gasteiger partial charge in [-0.3, -0.25) is 9.59 Å². The highest BCUT2D eigenvalue weighted by atomic mass is 16.5. The minimum absolute atomic E-state index is 0.0253. The molecule has 29 heavy (non-hydrogen) atoms. The molecule has 0 spiro atoms. The van der Waals surface area contributed by atoms with Gasteiger partial charge in [0, 0.05) is 58.2 Å². The van der Waals surface area contributed by atoms with Gasteiger partial charge in [-0.2, -0.15) is 0 Å². The monoisotopic (exact) mass is 405 g/mol. The quantitative estimate of drug-likeness (QED) is 0.636. The predicted molar refractivity (Wildman–Crippen MR) is 112 cm³/mol. The molecule has 3 rings (SSSR count). The molecule has 0 aromatic carbocycles. The van der Waals surface area contributed by atoms with E-state index < -0.39 is 0 Å². The lowest BCUT2D eigenvalue weighted by Gasteiger charge is -2.42.